The maximum atomic E-state index is 13.1. The summed E-state index contributed by atoms with van der Waals surface area (Å²) >= 11 is 0. The van der Waals surface area contributed by atoms with E-state index in [1.54, 1.807) is 0 Å². The Morgan fingerprint density at radius 1 is 0.907 bits per heavy atom. The average Bonchev–Trinajstić information content (AvgIpc) is 3.84. The summed E-state index contributed by atoms with van der Waals surface area (Å²) in [5.74, 6) is -1.42. The molecule has 0 saturated heterocycles. The van der Waals surface area contributed by atoms with Crippen molar-refractivity contribution in [3.8, 4) is 0 Å². The largest absolute Gasteiger partial charge is 0.480 e. The van der Waals surface area contributed by atoms with Crippen LogP contribution in [0.4, 0.5) is 4.79 Å². The molecule has 12 nitrogen and oxygen atoms in total. The highest BCUT2D eigenvalue weighted by molar-refractivity contribution is 5.87. The van der Waals surface area contributed by atoms with Crippen LogP contribution in [0.15, 0.2) is 30.3 Å². The molecule has 0 bridgehead atoms. The molecule has 0 radical (unpaired) electrons. The first-order valence-electron chi connectivity index (χ1n) is 15.6. The molecular weight excluding hydrogens is 554 g/mol. The van der Waals surface area contributed by atoms with Crippen LogP contribution < -0.4 is 27.0 Å². The predicted molar refractivity (Wildman–Crippen MR) is 161 cm³/mol. The predicted octanol–water partition coefficient (Wildman–Crippen LogP) is 1.18. The van der Waals surface area contributed by atoms with Gasteiger partial charge in [0.2, 0.25) is 11.8 Å². The number of aliphatic hydroxyl groups is 2. The standard InChI is InChI=1S/C31H49N5O7/c32-23(30(41)42)12-7-16-34-31(43)36-25(19-21-10-5-2-6-11-21)29(40)33-17-15-26(37)35-24(18-20-8-3-1-4-9-20)28(39)27(38)22-13-14-22/h2,5-6,10-11,20,22-25,27-28,38-39H,1,3-4,7-9,12-19,32H2,(H,33,40)(H,35,37)(H,41,42)(H2,34,36,43)/t23?,24-,25-,27-,28+/m0/s1. The number of carbonyl (C=O) groups excluding carboxylic acids is 3. The van der Waals surface area contributed by atoms with Crippen molar-refractivity contribution in [3.63, 3.8) is 0 Å². The van der Waals surface area contributed by atoms with Crippen molar-refractivity contribution in [1.29, 1.82) is 0 Å². The van der Waals surface area contributed by atoms with Gasteiger partial charge in [-0.2, -0.15) is 0 Å². The Labute approximate surface area is 253 Å². The van der Waals surface area contributed by atoms with Crippen molar-refractivity contribution in [2.75, 3.05) is 13.1 Å². The molecule has 0 spiro atoms. The van der Waals surface area contributed by atoms with Crippen molar-refractivity contribution in [1.82, 2.24) is 21.3 Å². The average molecular weight is 604 g/mol. The molecule has 12 heteroatoms. The second kappa shape index (κ2) is 17.8. The number of urea groups is 1. The smallest absolute Gasteiger partial charge is 0.320 e. The molecule has 4 amide bonds. The second-order valence-corrected chi connectivity index (χ2v) is 12.0. The molecule has 1 unspecified atom stereocenters. The lowest BCUT2D eigenvalue weighted by Crippen LogP contribution is -2.52. The summed E-state index contributed by atoms with van der Waals surface area (Å²) in [6.07, 6.45) is 6.80. The van der Waals surface area contributed by atoms with Crippen LogP contribution in [0.3, 0.4) is 0 Å². The molecule has 1 aromatic rings. The van der Waals surface area contributed by atoms with Gasteiger partial charge in [0.05, 0.1) is 12.1 Å². The van der Waals surface area contributed by atoms with E-state index in [0.717, 1.165) is 44.1 Å². The number of nitrogens with one attached hydrogen (secondary N) is 4. The molecule has 3 rings (SSSR count). The molecule has 2 fully saturated rings. The SMILES string of the molecule is NC(CCCNC(=O)N[C@@H](Cc1ccccc1)C(=O)NCCC(=O)N[C@@H](CC1CCCCC1)[C@@H](O)[C@@H](O)C1CC1)C(=O)O. The first kappa shape index (κ1) is 34.3. The number of amides is 4. The van der Waals surface area contributed by atoms with E-state index >= 15 is 0 Å². The minimum Gasteiger partial charge on any atom is -0.480 e. The van der Waals surface area contributed by atoms with E-state index in [2.05, 4.69) is 21.3 Å². The van der Waals surface area contributed by atoms with Crippen molar-refractivity contribution in [3.05, 3.63) is 35.9 Å². The number of hydrogen-bond acceptors (Lipinski definition) is 7. The van der Waals surface area contributed by atoms with E-state index in [9.17, 15) is 29.4 Å². The van der Waals surface area contributed by atoms with Crippen molar-refractivity contribution in [2.45, 2.75) is 107 Å². The number of nitrogens with two attached hydrogens (primary N) is 1. The molecule has 2 aliphatic carbocycles. The van der Waals surface area contributed by atoms with Crippen LogP contribution in [0, 0.1) is 11.8 Å². The van der Waals surface area contributed by atoms with Crippen LogP contribution in [0.1, 0.15) is 76.2 Å². The van der Waals surface area contributed by atoms with Gasteiger partial charge in [-0.3, -0.25) is 14.4 Å². The third-order valence-electron chi connectivity index (χ3n) is 8.38. The molecule has 0 aliphatic heterocycles. The second-order valence-electron chi connectivity index (χ2n) is 12.0. The van der Waals surface area contributed by atoms with Gasteiger partial charge < -0.3 is 42.3 Å². The van der Waals surface area contributed by atoms with Gasteiger partial charge in [0.1, 0.15) is 18.2 Å². The zero-order valence-electron chi connectivity index (χ0n) is 24.9. The van der Waals surface area contributed by atoms with Gasteiger partial charge in [-0.25, -0.2) is 4.79 Å². The molecule has 0 aromatic heterocycles. The highest BCUT2D eigenvalue weighted by Crippen LogP contribution is 2.36. The normalized spacial score (nSPS) is 18.9. The summed E-state index contributed by atoms with van der Waals surface area (Å²) in [6.45, 7) is 0.222. The molecule has 5 atom stereocenters. The number of rotatable bonds is 18. The van der Waals surface area contributed by atoms with E-state index < -0.39 is 48.2 Å². The summed E-state index contributed by atoms with van der Waals surface area (Å²) in [5.41, 5.74) is 6.32. The fourth-order valence-corrected chi connectivity index (χ4v) is 5.64. The minimum atomic E-state index is -1.11. The Kier molecular flexibility index (Phi) is 14.2. The van der Waals surface area contributed by atoms with Crippen LogP contribution in [0.5, 0.6) is 0 Å². The summed E-state index contributed by atoms with van der Waals surface area (Å²) in [4.78, 5) is 49.3. The Morgan fingerprint density at radius 3 is 2.26 bits per heavy atom. The van der Waals surface area contributed by atoms with Gasteiger partial charge in [-0.05, 0) is 49.5 Å². The highest BCUT2D eigenvalue weighted by Gasteiger charge is 2.39. The third-order valence-corrected chi connectivity index (χ3v) is 8.38. The third kappa shape index (κ3) is 12.5. The fourth-order valence-electron chi connectivity index (χ4n) is 5.64. The van der Waals surface area contributed by atoms with Gasteiger partial charge in [-0.15, -0.1) is 0 Å². The molecular formula is C31H49N5O7. The first-order valence-corrected chi connectivity index (χ1v) is 15.6. The number of aliphatic hydroxyl groups excluding tert-OH is 2. The van der Waals surface area contributed by atoms with Crippen LogP contribution in [0.25, 0.3) is 0 Å². The molecule has 0 heterocycles. The lowest BCUT2D eigenvalue weighted by Gasteiger charge is -2.32. The number of carboxylic acid groups (broad SMARTS) is 1. The number of benzene rings is 1. The van der Waals surface area contributed by atoms with E-state index in [0.29, 0.717) is 18.8 Å². The van der Waals surface area contributed by atoms with E-state index in [1.165, 1.54) is 6.42 Å². The highest BCUT2D eigenvalue weighted by atomic mass is 16.4. The Hall–Kier alpha value is -3.22. The van der Waals surface area contributed by atoms with Crippen LogP contribution in [-0.2, 0) is 20.8 Å². The molecule has 240 valence electrons. The quantitative estimate of drug-likeness (QED) is 0.114. The van der Waals surface area contributed by atoms with Gasteiger partial charge in [0.25, 0.3) is 0 Å². The van der Waals surface area contributed by atoms with Crippen LogP contribution in [0.2, 0.25) is 0 Å². The molecule has 1 aromatic carbocycles. The topological polar surface area (TPSA) is 203 Å². The maximum absolute atomic E-state index is 13.1. The monoisotopic (exact) mass is 603 g/mol. The minimum absolute atomic E-state index is 0.0206. The summed E-state index contributed by atoms with van der Waals surface area (Å²) in [7, 11) is 0. The van der Waals surface area contributed by atoms with Gasteiger partial charge in [-0.1, -0.05) is 62.4 Å². The molecule has 2 saturated carbocycles. The zero-order chi connectivity index (χ0) is 31.2. The number of carboxylic acids is 1. The van der Waals surface area contributed by atoms with E-state index in [4.69, 9.17) is 10.8 Å². The van der Waals surface area contributed by atoms with E-state index in [-0.39, 0.29) is 44.2 Å². The van der Waals surface area contributed by atoms with Crippen LogP contribution in [-0.4, -0.2) is 82.6 Å². The molecule has 2 aliphatic rings. The number of hydrogen-bond donors (Lipinski definition) is 8. The summed E-state index contributed by atoms with van der Waals surface area (Å²) in [6, 6.07) is 6.14. The van der Waals surface area contributed by atoms with Gasteiger partial charge in [0.15, 0.2) is 0 Å². The number of aliphatic carboxylic acids is 1. The fraction of sp³-hybridized carbons (Fsp3) is 0.677. The van der Waals surface area contributed by atoms with Gasteiger partial charge in [0, 0.05) is 25.9 Å². The molecule has 43 heavy (non-hydrogen) atoms. The van der Waals surface area contributed by atoms with Crippen molar-refractivity contribution < 1.29 is 34.5 Å². The lowest BCUT2D eigenvalue weighted by atomic mass is 9.82. The first-order chi connectivity index (χ1) is 20.6. The zero-order valence-corrected chi connectivity index (χ0v) is 24.9. The maximum Gasteiger partial charge on any atom is 0.320 e. The van der Waals surface area contributed by atoms with Crippen molar-refractivity contribution in [2.24, 2.45) is 17.6 Å². The Morgan fingerprint density at radius 2 is 1.60 bits per heavy atom. The number of carbonyl (C=O) groups is 4. The lowest BCUT2D eigenvalue weighted by molar-refractivity contribution is -0.138. The molecule has 9 N–H and O–H groups in total. The van der Waals surface area contributed by atoms with Crippen LogP contribution >= 0.6 is 0 Å². The van der Waals surface area contributed by atoms with E-state index in [1.807, 2.05) is 30.3 Å². The summed E-state index contributed by atoms with van der Waals surface area (Å²) in [5, 5.41) is 41.3. The Bertz CT molecular complexity index is 1030. The Balaban J connectivity index is 1.50. The summed E-state index contributed by atoms with van der Waals surface area (Å²) < 4.78 is 0. The van der Waals surface area contributed by atoms with Crippen molar-refractivity contribution >= 4 is 23.8 Å². The van der Waals surface area contributed by atoms with Gasteiger partial charge >= 0.3 is 12.0 Å².